The van der Waals surface area contributed by atoms with E-state index in [1.165, 1.54) is 25.6 Å². The Labute approximate surface area is 137 Å². The molecule has 0 unspecified atom stereocenters. The lowest BCUT2D eigenvalue weighted by atomic mass is 10.1. The smallest absolute Gasteiger partial charge is 0.320 e. The highest BCUT2D eigenvalue weighted by atomic mass is 32.1. The molecule has 6 nitrogen and oxygen atoms in total. The van der Waals surface area contributed by atoms with Crippen LogP contribution in [0.2, 0.25) is 0 Å². The van der Waals surface area contributed by atoms with Crippen LogP contribution in [0.15, 0.2) is 35.8 Å². The molecular formula is C16H17NO5S. The highest BCUT2D eigenvalue weighted by Crippen LogP contribution is 2.17. The maximum Gasteiger partial charge on any atom is 0.320 e. The van der Waals surface area contributed by atoms with Gasteiger partial charge in [-0.2, -0.15) is 0 Å². The van der Waals surface area contributed by atoms with Crippen molar-refractivity contribution in [3.63, 3.8) is 0 Å². The fourth-order valence-electron chi connectivity index (χ4n) is 2.23. The molecule has 0 aliphatic heterocycles. The molecule has 0 aliphatic rings. The molecule has 7 heteroatoms. The van der Waals surface area contributed by atoms with E-state index in [4.69, 9.17) is 0 Å². The van der Waals surface area contributed by atoms with E-state index < -0.39 is 17.9 Å². The second kappa shape index (κ2) is 7.73. The average molecular weight is 335 g/mol. The molecule has 0 saturated heterocycles. The highest BCUT2D eigenvalue weighted by Gasteiger charge is 2.28. The molecule has 2 aromatic heterocycles. The highest BCUT2D eigenvalue weighted by molar-refractivity contribution is 7.12. The summed E-state index contributed by atoms with van der Waals surface area (Å²) >= 11 is 1.37. The zero-order valence-electron chi connectivity index (χ0n) is 12.9. The van der Waals surface area contributed by atoms with Gasteiger partial charge in [-0.3, -0.25) is 14.4 Å². The number of thiophene rings is 1. The number of hydrogen-bond acceptors (Lipinski definition) is 6. The molecule has 2 rings (SSSR count). The molecule has 0 aromatic carbocycles. The summed E-state index contributed by atoms with van der Waals surface area (Å²) in [4.78, 5) is 36.4. The topological polar surface area (TPSA) is 74.6 Å². The first kappa shape index (κ1) is 17.0. The van der Waals surface area contributed by atoms with Crippen LogP contribution in [-0.4, -0.2) is 36.5 Å². The predicted molar refractivity (Wildman–Crippen MR) is 84.3 cm³/mol. The van der Waals surface area contributed by atoms with Crippen LogP contribution in [-0.2, 0) is 25.6 Å². The van der Waals surface area contributed by atoms with Crippen molar-refractivity contribution in [1.29, 1.82) is 0 Å². The minimum absolute atomic E-state index is 0.0855. The van der Waals surface area contributed by atoms with Gasteiger partial charge in [0, 0.05) is 12.7 Å². The predicted octanol–water partition coefficient (Wildman–Crippen LogP) is 2.13. The van der Waals surface area contributed by atoms with Gasteiger partial charge in [-0.25, -0.2) is 0 Å². The molecule has 0 atom stereocenters. The zero-order valence-corrected chi connectivity index (χ0v) is 13.7. The van der Waals surface area contributed by atoms with Crippen molar-refractivity contribution in [3.8, 4) is 0 Å². The Morgan fingerprint density at radius 1 is 1.13 bits per heavy atom. The van der Waals surface area contributed by atoms with Crippen LogP contribution in [0.1, 0.15) is 21.8 Å². The summed E-state index contributed by atoms with van der Waals surface area (Å²) in [5.41, 5.74) is 0.515. The van der Waals surface area contributed by atoms with E-state index in [1.807, 2.05) is 11.4 Å². The van der Waals surface area contributed by atoms with Crippen molar-refractivity contribution in [3.05, 3.63) is 46.4 Å². The summed E-state index contributed by atoms with van der Waals surface area (Å²) < 4.78 is 11.0. The van der Waals surface area contributed by atoms with Crippen LogP contribution >= 0.6 is 11.3 Å². The number of carbonyl (C=O) groups is 3. The van der Waals surface area contributed by atoms with E-state index in [-0.39, 0.29) is 12.2 Å². The Hall–Kier alpha value is -2.41. The van der Waals surface area contributed by atoms with Gasteiger partial charge in [-0.1, -0.05) is 6.07 Å². The summed E-state index contributed by atoms with van der Waals surface area (Å²) in [7, 11) is 2.44. The van der Waals surface area contributed by atoms with E-state index in [0.29, 0.717) is 17.1 Å². The molecule has 2 aromatic rings. The first-order valence-corrected chi connectivity index (χ1v) is 7.85. The summed E-state index contributed by atoms with van der Waals surface area (Å²) in [6.07, 6.45) is 1.94. The maximum absolute atomic E-state index is 12.4. The maximum atomic E-state index is 12.4. The molecule has 0 spiro atoms. The lowest BCUT2D eigenvalue weighted by Gasteiger charge is -2.14. The first-order valence-electron chi connectivity index (χ1n) is 6.97. The van der Waals surface area contributed by atoms with Gasteiger partial charge in [-0.15, -0.1) is 11.3 Å². The van der Waals surface area contributed by atoms with Gasteiger partial charge < -0.3 is 14.0 Å². The molecule has 0 N–H and O–H groups in total. The van der Waals surface area contributed by atoms with E-state index in [9.17, 15) is 14.4 Å². The molecule has 0 amide bonds. The fraction of sp³-hybridized carbons (Fsp3) is 0.312. The number of aromatic nitrogens is 1. The number of ether oxygens (including phenoxy) is 2. The van der Waals surface area contributed by atoms with Gasteiger partial charge in [0.1, 0.15) is 0 Å². The normalized spacial score (nSPS) is 10.6. The van der Waals surface area contributed by atoms with E-state index in [1.54, 1.807) is 29.0 Å². The minimum Gasteiger partial charge on any atom is -0.468 e. The summed E-state index contributed by atoms with van der Waals surface area (Å²) in [5.74, 6) is -2.37. The molecule has 0 aliphatic carbocycles. The van der Waals surface area contributed by atoms with Crippen LogP contribution in [0.25, 0.3) is 0 Å². The van der Waals surface area contributed by atoms with Crippen molar-refractivity contribution in [2.24, 2.45) is 5.92 Å². The molecule has 2 heterocycles. The van der Waals surface area contributed by atoms with Crippen molar-refractivity contribution >= 4 is 29.1 Å². The molecule has 0 radical (unpaired) electrons. The van der Waals surface area contributed by atoms with Crippen LogP contribution in [0.5, 0.6) is 0 Å². The van der Waals surface area contributed by atoms with Crippen molar-refractivity contribution < 1.29 is 23.9 Å². The molecule has 122 valence electrons. The van der Waals surface area contributed by atoms with E-state index in [2.05, 4.69) is 9.47 Å². The number of nitrogens with zero attached hydrogens (tertiary/aromatic N) is 1. The quantitative estimate of drug-likeness (QED) is 0.440. The van der Waals surface area contributed by atoms with Crippen molar-refractivity contribution in [2.75, 3.05) is 14.2 Å². The second-order valence-corrected chi connectivity index (χ2v) is 5.73. The SMILES string of the molecule is COC(=O)C(CCn1cccc1C(=O)c1cccs1)C(=O)OC. The minimum atomic E-state index is -1.00. The van der Waals surface area contributed by atoms with E-state index >= 15 is 0 Å². The zero-order chi connectivity index (χ0) is 16.8. The van der Waals surface area contributed by atoms with Crippen LogP contribution < -0.4 is 0 Å². The van der Waals surface area contributed by atoms with Gasteiger partial charge >= 0.3 is 11.9 Å². The number of methoxy groups -OCH3 is 2. The number of hydrogen-bond donors (Lipinski definition) is 0. The number of aryl methyl sites for hydroxylation is 1. The second-order valence-electron chi connectivity index (χ2n) is 4.78. The third kappa shape index (κ3) is 3.87. The molecule has 0 bridgehead atoms. The number of carbonyl (C=O) groups excluding carboxylic acids is 3. The van der Waals surface area contributed by atoms with Crippen LogP contribution in [0.4, 0.5) is 0 Å². The number of ketones is 1. The number of esters is 2. The summed E-state index contributed by atoms with van der Waals surface area (Å²) in [5, 5.41) is 1.84. The molecular weight excluding hydrogens is 318 g/mol. The van der Waals surface area contributed by atoms with Gasteiger partial charge in [0.15, 0.2) is 5.92 Å². The van der Waals surface area contributed by atoms with Crippen LogP contribution in [0.3, 0.4) is 0 Å². The molecule has 0 fully saturated rings. The van der Waals surface area contributed by atoms with Gasteiger partial charge in [0.2, 0.25) is 5.78 Å². The van der Waals surface area contributed by atoms with Crippen LogP contribution in [0, 0.1) is 5.92 Å². The third-order valence-electron chi connectivity index (χ3n) is 3.44. The number of rotatable bonds is 7. The Bertz CT molecular complexity index is 673. The van der Waals surface area contributed by atoms with Gasteiger partial charge in [0.25, 0.3) is 0 Å². The largest absolute Gasteiger partial charge is 0.468 e. The van der Waals surface area contributed by atoms with Crippen molar-refractivity contribution in [1.82, 2.24) is 4.57 Å². The monoisotopic (exact) mass is 335 g/mol. The molecule has 0 saturated carbocycles. The van der Waals surface area contributed by atoms with Gasteiger partial charge in [0.05, 0.1) is 24.8 Å². The standard InChI is InChI=1S/C16H17NO5S/c1-21-15(19)11(16(20)22-2)7-9-17-8-3-5-12(17)14(18)13-6-4-10-23-13/h3-6,8,10-11H,7,9H2,1-2H3. The first-order chi connectivity index (χ1) is 11.1. The Kier molecular flexibility index (Phi) is 5.70. The Balaban J connectivity index is 2.12. The Morgan fingerprint density at radius 3 is 2.39 bits per heavy atom. The summed E-state index contributed by atoms with van der Waals surface area (Å²) in [6, 6.07) is 7.05. The molecule has 23 heavy (non-hydrogen) atoms. The van der Waals surface area contributed by atoms with Crippen molar-refractivity contribution in [2.45, 2.75) is 13.0 Å². The third-order valence-corrected chi connectivity index (χ3v) is 4.31. The van der Waals surface area contributed by atoms with Gasteiger partial charge in [-0.05, 0) is 30.0 Å². The fourth-order valence-corrected chi connectivity index (χ4v) is 2.91. The average Bonchev–Trinajstić information content (AvgIpc) is 3.25. The van der Waals surface area contributed by atoms with E-state index in [0.717, 1.165) is 0 Å². The Morgan fingerprint density at radius 2 is 1.83 bits per heavy atom. The lowest BCUT2D eigenvalue weighted by Crippen LogP contribution is -2.28. The lowest BCUT2D eigenvalue weighted by molar-refractivity contribution is -0.159. The summed E-state index contributed by atoms with van der Waals surface area (Å²) in [6.45, 7) is 0.328.